The molecule has 0 spiro atoms. The maximum absolute atomic E-state index is 5.10. The summed E-state index contributed by atoms with van der Waals surface area (Å²) >= 11 is 0. The zero-order valence-corrected chi connectivity index (χ0v) is 8.95. The van der Waals surface area contributed by atoms with Crippen molar-refractivity contribution in [3.05, 3.63) is 24.0 Å². The second-order valence-corrected chi connectivity index (χ2v) is 3.40. The summed E-state index contributed by atoms with van der Waals surface area (Å²) in [5.74, 6) is 0.543. The van der Waals surface area contributed by atoms with Crippen LogP contribution in [-0.2, 0) is 9.47 Å². The number of aromatic amines is 1. The van der Waals surface area contributed by atoms with E-state index in [2.05, 4.69) is 17.2 Å². The molecule has 1 rings (SSSR count). The maximum atomic E-state index is 5.10. The van der Waals surface area contributed by atoms with Crippen molar-refractivity contribution in [1.29, 1.82) is 0 Å². The van der Waals surface area contributed by atoms with E-state index in [0.717, 1.165) is 26.1 Å². The van der Waals surface area contributed by atoms with Crippen molar-refractivity contribution in [1.82, 2.24) is 4.98 Å². The van der Waals surface area contributed by atoms with E-state index in [0.29, 0.717) is 5.92 Å². The Morgan fingerprint density at radius 3 is 2.29 bits per heavy atom. The van der Waals surface area contributed by atoms with Crippen LogP contribution in [-0.4, -0.2) is 32.4 Å². The molecule has 0 aliphatic carbocycles. The van der Waals surface area contributed by atoms with Gasteiger partial charge >= 0.3 is 0 Å². The predicted octanol–water partition coefficient (Wildman–Crippen LogP) is 2.17. The van der Waals surface area contributed by atoms with E-state index in [1.807, 2.05) is 6.20 Å². The van der Waals surface area contributed by atoms with E-state index in [1.165, 1.54) is 5.56 Å². The summed E-state index contributed by atoms with van der Waals surface area (Å²) in [5.41, 5.74) is 1.35. The third kappa shape index (κ3) is 3.52. The number of hydrogen-bond donors (Lipinski definition) is 1. The van der Waals surface area contributed by atoms with Crippen molar-refractivity contribution >= 4 is 0 Å². The summed E-state index contributed by atoms with van der Waals surface area (Å²) in [6.07, 6.45) is 6.12. The number of H-pyrrole nitrogens is 1. The third-order valence-corrected chi connectivity index (χ3v) is 2.43. The summed E-state index contributed by atoms with van der Waals surface area (Å²) in [4.78, 5) is 3.08. The van der Waals surface area contributed by atoms with E-state index in [9.17, 15) is 0 Å². The molecule has 1 aromatic heterocycles. The van der Waals surface area contributed by atoms with Crippen molar-refractivity contribution < 1.29 is 9.47 Å². The van der Waals surface area contributed by atoms with Gasteiger partial charge in [0.15, 0.2) is 0 Å². The minimum atomic E-state index is 0.543. The lowest BCUT2D eigenvalue weighted by molar-refractivity contribution is 0.163. The molecule has 0 bridgehead atoms. The number of rotatable bonds is 7. The van der Waals surface area contributed by atoms with Crippen LogP contribution in [0.15, 0.2) is 18.5 Å². The molecule has 0 radical (unpaired) electrons. The van der Waals surface area contributed by atoms with Crippen LogP contribution in [0, 0.1) is 0 Å². The topological polar surface area (TPSA) is 34.2 Å². The largest absolute Gasteiger partial charge is 0.385 e. The summed E-state index contributed by atoms with van der Waals surface area (Å²) in [6, 6.07) is 2.12. The molecule has 0 aromatic carbocycles. The van der Waals surface area contributed by atoms with Crippen LogP contribution >= 0.6 is 0 Å². The van der Waals surface area contributed by atoms with E-state index in [1.54, 1.807) is 14.2 Å². The monoisotopic (exact) mass is 197 g/mol. The van der Waals surface area contributed by atoms with Gasteiger partial charge in [-0.25, -0.2) is 0 Å². The Morgan fingerprint density at radius 2 is 1.86 bits per heavy atom. The highest BCUT2D eigenvalue weighted by Gasteiger charge is 2.11. The zero-order chi connectivity index (χ0) is 10.2. The molecule has 3 heteroatoms. The lowest BCUT2D eigenvalue weighted by atomic mass is 9.95. The first-order chi connectivity index (χ1) is 6.88. The number of ether oxygens (including phenoxy) is 2. The molecule has 0 saturated heterocycles. The number of hydrogen-bond acceptors (Lipinski definition) is 2. The lowest BCUT2D eigenvalue weighted by Crippen LogP contribution is -2.05. The average Bonchev–Trinajstić information content (AvgIpc) is 2.71. The Kier molecular flexibility index (Phi) is 5.33. The predicted molar refractivity (Wildman–Crippen MR) is 56.5 cm³/mol. The van der Waals surface area contributed by atoms with Gasteiger partial charge in [-0.3, -0.25) is 0 Å². The molecule has 1 aromatic rings. The molecule has 0 atom stereocenters. The Morgan fingerprint density at radius 1 is 1.21 bits per heavy atom. The number of aromatic nitrogens is 1. The highest BCUT2D eigenvalue weighted by atomic mass is 16.5. The zero-order valence-electron chi connectivity index (χ0n) is 8.95. The van der Waals surface area contributed by atoms with Gasteiger partial charge < -0.3 is 14.5 Å². The maximum Gasteiger partial charge on any atom is 0.0468 e. The van der Waals surface area contributed by atoms with Gasteiger partial charge in [0.25, 0.3) is 0 Å². The van der Waals surface area contributed by atoms with Gasteiger partial charge in [-0.05, 0) is 30.4 Å². The van der Waals surface area contributed by atoms with Gasteiger partial charge in [0.2, 0.25) is 0 Å². The molecule has 0 fully saturated rings. The van der Waals surface area contributed by atoms with Gasteiger partial charge in [0, 0.05) is 39.8 Å². The summed E-state index contributed by atoms with van der Waals surface area (Å²) in [5, 5.41) is 0. The highest BCUT2D eigenvalue weighted by Crippen LogP contribution is 2.22. The third-order valence-electron chi connectivity index (χ3n) is 2.43. The number of methoxy groups -OCH3 is 2. The molecule has 0 amide bonds. The molecule has 1 N–H and O–H groups in total. The Balaban J connectivity index is 2.44. The molecule has 3 nitrogen and oxygen atoms in total. The van der Waals surface area contributed by atoms with Crippen LogP contribution in [0.1, 0.15) is 24.3 Å². The first-order valence-corrected chi connectivity index (χ1v) is 4.99. The SMILES string of the molecule is COCCC(CCOC)c1cc[nH]c1. The van der Waals surface area contributed by atoms with Crippen LogP contribution < -0.4 is 0 Å². The van der Waals surface area contributed by atoms with Crippen molar-refractivity contribution in [2.45, 2.75) is 18.8 Å². The highest BCUT2D eigenvalue weighted by molar-refractivity contribution is 5.14. The van der Waals surface area contributed by atoms with Crippen molar-refractivity contribution in [3.8, 4) is 0 Å². The standard InChI is InChI=1S/C11H19NO2/c1-13-7-4-10(5-8-14-2)11-3-6-12-9-11/h3,6,9-10,12H,4-5,7-8H2,1-2H3. The van der Waals surface area contributed by atoms with Crippen molar-refractivity contribution in [3.63, 3.8) is 0 Å². The molecule has 80 valence electrons. The van der Waals surface area contributed by atoms with E-state index in [4.69, 9.17) is 9.47 Å². The number of nitrogens with one attached hydrogen (secondary N) is 1. The van der Waals surface area contributed by atoms with Gasteiger partial charge in [-0.1, -0.05) is 0 Å². The molecule has 0 aliphatic rings. The summed E-state index contributed by atoms with van der Waals surface area (Å²) in [6.45, 7) is 1.61. The van der Waals surface area contributed by atoms with Crippen LogP contribution in [0.2, 0.25) is 0 Å². The summed E-state index contributed by atoms with van der Waals surface area (Å²) < 4.78 is 10.2. The van der Waals surface area contributed by atoms with Crippen LogP contribution in [0.4, 0.5) is 0 Å². The summed E-state index contributed by atoms with van der Waals surface area (Å²) in [7, 11) is 3.48. The average molecular weight is 197 g/mol. The Hall–Kier alpha value is -0.800. The van der Waals surface area contributed by atoms with Gasteiger partial charge in [-0.2, -0.15) is 0 Å². The molecular formula is C11H19NO2. The molecular weight excluding hydrogens is 178 g/mol. The normalized spacial score (nSPS) is 11.1. The van der Waals surface area contributed by atoms with E-state index >= 15 is 0 Å². The van der Waals surface area contributed by atoms with Crippen molar-refractivity contribution in [2.75, 3.05) is 27.4 Å². The first kappa shape index (κ1) is 11.3. The van der Waals surface area contributed by atoms with Gasteiger partial charge in [-0.15, -0.1) is 0 Å². The minimum Gasteiger partial charge on any atom is -0.385 e. The van der Waals surface area contributed by atoms with E-state index < -0.39 is 0 Å². The fourth-order valence-corrected chi connectivity index (χ4v) is 1.59. The Labute approximate surface area is 85.4 Å². The first-order valence-electron chi connectivity index (χ1n) is 4.99. The fourth-order valence-electron chi connectivity index (χ4n) is 1.59. The molecule has 14 heavy (non-hydrogen) atoms. The second-order valence-electron chi connectivity index (χ2n) is 3.40. The van der Waals surface area contributed by atoms with Crippen LogP contribution in [0.25, 0.3) is 0 Å². The molecule has 1 heterocycles. The van der Waals surface area contributed by atoms with Crippen molar-refractivity contribution in [2.24, 2.45) is 0 Å². The molecule has 0 saturated carbocycles. The minimum absolute atomic E-state index is 0.543. The lowest BCUT2D eigenvalue weighted by Gasteiger charge is -2.14. The fraction of sp³-hybridized carbons (Fsp3) is 0.636. The smallest absolute Gasteiger partial charge is 0.0468 e. The van der Waals surface area contributed by atoms with Crippen LogP contribution in [0.5, 0.6) is 0 Å². The quantitative estimate of drug-likeness (QED) is 0.727. The molecule has 0 aliphatic heterocycles. The second kappa shape index (κ2) is 6.62. The molecule has 0 unspecified atom stereocenters. The van der Waals surface area contributed by atoms with Crippen LogP contribution in [0.3, 0.4) is 0 Å². The van der Waals surface area contributed by atoms with Gasteiger partial charge in [0.05, 0.1) is 0 Å². The Bertz CT molecular complexity index is 213. The van der Waals surface area contributed by atoms with Gasteiger partial charge in [0.1, 0.15) is 0 Å². The van der Waals surface area contributed by atoms with E-state index in [-0.39, 0.29) is 0 Å².